The lowest BCUT2D eigenvalue weighted by Crippen LogP contribution is -2.41. The number of benzene rings is 1. The van der Waals surface area contributed by atoms with Gasteiger partial charge in [-0.15, -0.1) is 0 Å². The zero-order chi connectivity index (χ0) is 15.4. The molecule has 4 nitrogen and oxygen atoms in total. The summed E-state index contributed by atoms with van der Waals surface area (Å²) in [4.78, 5) is 12.1. The normalized spacial score (nSPS) is 22.1. The third kappa shape index (κ3) is 4.37. The van der Waals surface area contributed by atoms with Crippen LogP contribution in [0.25, 0.3) is 0 Å². The van der Waals surface area contributed by atoms with Gasteiger partial charge in [-0.3, -0.25) is 4.79 Å². The van der Waals surface area contributed by atoms with Gasteiger partial charge < -0.3 is 15.2 Å². The van der Waals surface area contributed by atoms with Gasteiger partial charge in [0.05, 0.1) is 5.02 Å². The standard InChI is InChI=1S/C15H17Cl2NO3/c1-9(21-14-5-3-11(16)7-13(14)17)15(20)18-12-4-2-10(6-12)8-19/h2-5,7,9-10,12,19H,6,8H2,1H3,(H,18,20)/t9?,10-,12+/m0/s1. The average molecular weight is 330 g/mol. The van der Waals surface area contributed by atoms with Crippen LogP contribution in [-0.4, -0.2) is 29.8 Å². The molecule has 0 radical (unpaired) electrons. The van der Waals surface area contributed by atoms with Crippen LogP contribution in [0.1, 0.15) is 13.3 Å². The smallest absolute Gasteiger partial charge is 0.261 e. The van der Waals surface area contributed by atoms with Gasteiger partial charge >= 0.3 is 0 Å². The van der Waals surface area contributed by atoms with E-state index in [1.807, 2.05) is 12.2 Å². The summed E-state index contributed by atoms with van der Waals surface area (Å²) in [5.74, 6) is 0.297. The molecule has 0 aromatic heterocycles. The van der Waals surface area contributed by atoms with Crippen molar-refractivity contribution in [2.45, 2.75) is 25.5 Å². The molecule has 1 aromatic rings. The van der Waals surface area contributed by atoms with E-state index in [1.54, 1.807) is 25.1 Å². The lowest BCUT2D eigenvalue weighted by molar-refractivity contribution is -0.127. The van der Waals surface area contributed by atoms with Gasteiger partial charge in [-0.25, -0.2) is 0 Å². The molecule has 0 fully saturated rings. The summed E-state index contributed by atoms with van der Waals surface area (Å²) in [7, 11) is 0. The lowest BCUT2D eigenvalue weighted by atomic mass is 10.1. The molecule has 3 atom stereocenters. The van der Waals surface area contributed by atoms with Crippen molar-refractivity contribution in [3.05, 3.63) is 40.4 Å². The monoisotopic (exact) mass is 329 g/mol. The fourth-order valence-electron chi connectivity index (χ4n) is 2.13. The van der Waals surface area contributed by atoms with E-state index in [9.17, 15) is 4.79 Å². The largest absolute Gasteiger partial charge is 0.479 e. The van der Waals surface area contributed by atoms with Crippen molar-refractivity contribution >= 4 is 29.1 Å². The van der Waals surface area contributed by atoms with Crippen molar-refractivity contribution in [1.82, 2.24) is 5.32 Å². The summed E-state index contributed by atoms with van der Waals surface area (Å²) in [6.45, 7) is 1.75. The Bertz CT molecular complexity index is 548. The van der Waals surface area contributed by atoms with Gasteiger partial charge in [-0.05, 0) is 31.5 Å². The van der Waals surface area contributed by atoms with Crippen molar-refractivity contribution in [1.29, 1.82) is 0 Å². The minimum atomic E-state index is -0.676. The first-order chi connectivity index (χ1) is 9.99. The molecule has 0 spiro atoms. The first-order valence-electron chi connectivity index (χ1n) is 6.71. The molecule has 114 valence electrons. The van der Waals surface area contributed by atoms with Crippen molar-refractivity contribution in [3.63, 3.8) is 0 Å². The fraction of sp³-hybridized carbons (Fsp3) is 0.400. The van der Waals surface area contributed by atoms with Gasteiger partial charge in [0.25, 0.3) is 5.91 Å². The Morgan fingerprint density at radius 3 is 2.86 bits per heavy atom. The van der Waals surface area contributed by atoms with Crippen LogP contribution in [0.5, 0.6) is 5.75 Å². The summed E-state index contributed by atoms with van der Waals surface area (Å²) >= 11 is 11.8. The average Bonchev–Trinajstić information content (AvgIpc) is 2.89. The van der Waals surface area contributed by atoms with Crippen LogP contribution in [0.2, 0.25) is 10.0 Å². The number of carbonyl (C=O) groups is 1. The molecule has 1 aliphatic rings. The van der Waals surface area contributed by atoms with Crippen LogP contribution in [0, 0.1) is 5.92 Å². The minimum Gasteiger partial charge on any atom is -0.479 e. The summed E-state index contributed by atoms with van der Waals surface area (Å²) < 4.78 is 5.55. The van der Waals surface area contributed by atoms with Crippen LogP contribution in [0.4, 0.5) is 0 Å². The molecular weight excluding hydrogens is 313 g/mol. The molecular formula is C15H17Cl2NO3. The van der Waals surface area contributed by atoms with Crippen LogP contribution < -0.4 is 10.1 Å². The second kappa shape index (κ2) is 7.16. The number of ether oxygens (including phenoxy) is 1. The van der Waals surface area contributed by atoms with Gasteiger partial charge in [0.1, 0.15) is 5.75 Å². The predicted molar refractivity (Wildman–Crippen MR) is 82.8 cm³/mol. The molecule has 1 aromatic carbocycles. The van der Waals surface area contributed by atoms with Gasteiger partial charge in [0.2, 0.25) is 0 Å². The Labute approximate surface area is 133 Å². The molecule has 0 heterocycles. The number of aliphatic hydroxyl groups excluding tert-OH is 1. The predicted octanol–water partition coefficient (Wildman–Crippen LogP) is 2.81. The quantitative estimate of drug-likeness (QED) is 0.816. The lowest BCUT2D eigenvalue weighted by Gasteiger charge is -2.18. The van der Waals surface area contributed by atoms with Crippen LogP contribution in [0.3, 0.4) is 0 Å². The highest BCUT2D eigenvalue weighted by atomic mass is 35.5. The zero-order valence-electron chi connectivity index (χ0n) is 11.6. The van der Waals surface area contributed by atoms with E-state index in [2.05, 4.69) is 5.32 Å². The number of carbonyl (C=O) groups excluding carboxylic acids is 1. The molecule has 0 bridgehead atoms. The molecule has 2 N–H and O–H groups in total. The molecule has 0 saturated heterocycles. The van der Waals surface area contributed by atoms with Crippen LogP contribution in [0.15, 0.2) is 30.4 Å². The highest BCUT2D eigenvalue weighted by Gasteiger charge is 2.23. The summed E-state index contributed by atoms with van der Waals surface area (Å²) in [6.07, 6.45) is 3.83. The fourth-order valence-corrected chi connectivity index (χ4v) is 2.58. The third-order valence-electron chi connectivity index (χ3n) is 3.30. The molecule has 1 unspecified atom stereocenters. The number of hydrogen-bond acceptors (Lipinski definition) is 3. The van der Waals surface area contributed by atoms with Gasteiger partial charge in [0.15, 0.2) is 6.10 Å². The van der Waals surface area contributed by atoms with E-state index in [0.717, 1.165) is 0 Å². The minimum absolute atomic E-state index is 0.0682. The molecule has 0 saturated carbocycles. The maximum atomic E-state index is 12.1. The van der Waals surface area contributed by atoms with Gasteiger partial charge in [-0.2, -0.15) is 0 Å². The maximum Gasteiger partial charge on any atom is 0.261 e. The van der Waals surface area contributed by atoms with Crippen molar-refractivity contribution in [3.8, 4) is 5.75 Å². The van der Waals surface area contributed by atoms with E-state index in [4.69, 9.17) is 33.0 Å². The Balaban J connectivity index is 1.89. The first kappa shape index (κ1) is 16.1. The van der Waals surface area contributed by atoms with Crippen molar-refractivity contribution < 1.29 is 14.6 Å². The van der Waals surface area contributed by atoms with E-state index in [0.29, 0.717) is 22.2 Å². The summed E-state index contributed by atoms with van der Waals surface area (Å²) in [5, 5.41) is 12.8. The number of rotatable bonds is 5. The highest BCUT2D eigenvalue weighted by Crippen LogP contribution is 2.28. The maximum absolute atomic E-state index is 12.1. The highest BCUT2D eigenvalue weighted by molar-refractivity contribution is 6.35. The summed E-state index contributed by atoms with van der Waals surface area (Å²) in [6, 6.07) is 4.78. The van der Waals surface area contributed by atoms with Gasteiger partial charge in [0, 0.05) is 23.6 Å². The van der Waals surface area contributed by atoms with Crippen molar-refractivity contribution in [2.75, 3.05) is 6.61 Å². The number of hydrogen-bond donors (Lipinski definition) is 2. The molecule has 1 amide bonds. The Morgan fingerprint density at radius 1 is 1.48 bits per heavy atom. The van der Waals surface area contributed by atoms with E-state index >= 15 is 0 Å². The van der Waals surface area contributed by atoms with Crippen LogP contribution >= 0.6 is 23.2 Å². The number of halogens is 2. The molecule has 21 heavy (non-hydrogen) atoms. The Hall–Kier alpha value is -1.23. The Morgan fingerprint density at radius 2 is 2.24 bits per heavy atom. The molecule has 0 aliphatic heterocycles. The molecule has 2 rings (SSSR count). The topological polar surface area (TPSA) is 58.6 Å². The van der Waals surface area contributed by atoms with Crippen molar-refractivity contribution in [2.24, 2.45) is 5.92 Å². The number of amides is 1. The summed E-state index contributed by atoms with van der Waals surface area (Å²) in [5.41, 5.74) is 0. The van der Waals surface area contributed by atoms with Gasteiger partial charge in [-0.1, -0.05) is 35.4 Å². The van der Waals surface area contributed by atoms with E-state index in [-0.39, 0.29) is 24.5 Å². The van der Waals surface area contributed by atoms with E-state index < -0.39 is 6.10 Å². The third-order valence-corrected chi connectivity index (χ3v) is 3.83. The van der Waals surface area contributed by atoms with E-state index in [1.165, 1.54) is 0 Å². The Kier molecular flexibility index (Phi) is 5.51. The van der Waals surface area contributed by atoms with Crippen LogP contribution in [-0.2, 0) is 4.79 Å². The second-order valence-electron chi connectivity index (χ2n) is 5.01. The SMILES string of the molecule is CC(Oc1ccc(Cl)cc1Cl)C(=O)N[C@@H]1C=C[C@H](CO)C1. The first-order valence-corrected chi connectivity index (χ1v) is 7.46. The number of nitrogens with one attached hydrogen (secondary N) is 1. The number of aliphatic hydroxyl groups is 1. The molecule has 6 heteroatoms. The molecule has 1 aliphatic carbocycles. The zero-order valence-corrected chi connectivity index (χ0v) is 13.1. The second-order valence-corrected chi connectivity index (χ2v) is 5.86.